The Bertz CT molecular complexity index is 747. The molecule has 23 heavy (non-hydrogen) atoms. The fraction of sp³-hybridized carbons (Fsp3) is 0.316. The number of nitrogen functional groups attached to an aromatic ring is 1. The van der Waals surface area contributed by atoms with Crippen molar-refractivity contribution >= 4 is 11.8 Å². The molecule has 0 radical (unpaired) electrons. The van der Waals surface area contributed by atoms with E-state index in [4.69, 9.17) is 10.5 Å². The molecule has 0 bridgehead atoms. The molecule has 0 fully saturated rings. The molecule has 0 unspecified atom stereocenters. The van der Waals surface area contributed by atoms with Gasteiger partial charge in [-0.3, -0.25) is 4.90 Å². The van der Waals surface area contributed by atoms with Crippen LogP contribution >= 0.6 is 0 Å². The van der Waals surface area contributed by atoms with E-state index in [2.05, 4.69) is 18.2 Å². The van der Waals surface area contributed by atoms with Gasteiger partial charge in [-0.15, -0.1) is 0 Å². The summed E-state index contributed by atoms with van der Waals surface area (Å²) in [5.41, 5.74) is 10.7. The number of hydrogen-bond acceptors (Lipinski definition) is 3. The molecular formula is C19H22N2O2. The van der Waals surface area contributed by atoms with Crippen LogP contribution in [0.1, 0.15) is 31.9 Å². The van der Waals surface area contributed by atoms with Crippen molar-refractivity contribution in [3.8, 4) is 11.1 Å². The average Bonchev–Trinajstić information content (AvgIpc) is 2.89. The van der Waals surface area contributed by atoms with E-state index >= 15 is 0 Å². The minimum atomic E-state index is -0.477. The molecule has 1 aliphatic rings. The third-order valence-electron chi connectivity index (χ3n) is 3.85. The fourth-order valence-electron chi connectivity index (χ4n) is 2.78. The van der Waals surface area contributed by atoms with Gasteiger partial charge >= 0.3 is 6.09 Å². The standard InChI is InChI=1S/C19H22N2O2/c1-19(2,3)23-18(22)21-11-14-9-8-13(10-15(14)12-21)16-6-4-5-7-17(16)20/h4-10H,11-12,20H2,1-3H3. The number of benzene rings is 2. The number of fused-ring (bicyclic) bond motifs is 1. The molecule has 2 aromatic rings. The number of carbonyl (C=O) groups is 1. The molecule has 1 heterocycles. The third-order valence-corrected chi connectivity index (χ3v) is 3.85. The summed E-state index contributed by atoms with van der Waals surface area (Å²) in [7, 11) is 0. The molecule has 0 saturated carbocycles. The molecule has 120 valence electrons. The molecule has 4 nitrogen and oxygen atoms in total. The highest BCUT2D eigenvalue weighted by Crippen LogP contribution is 2.31. The van der Waals surface area contributed by atoms with Gasteiger partial charge in [-0.25, -0.2) is 4.79 Å². The zero-order valence-electron chi connectivity index (χ0n) is 13.8. The van der Waals surface area contributed by atoms with Crippen LogP contribution in [0.15, 0.2) is 42.5 Å². The maximum Gasteiger partial charge on any atom is 0.410 e. The molecule has 0 spiro atoms. The van der Waals surface area contributed by atoms with E-state index < -0.39 is 5.60 Å². The lowest BCUT2D eigenvalue weighted by Gasteiger charge is -2.24. The highest BCUT2D eigenvalue weighted by atomic mass is 16.6. The van der Waals surface area contributed by atoms with Crippen LogP contribution in [0.25, 0.3) is 11.1 Å². The second kappa shape index (κ2) is 5.61. The predicted octanol–water partition coefficient (Wildman–Crippen LogP) is 4.19. The molecule has 1 aliphatic heterocycles. The number of para-hydroxylation sites is 1. The number of rotatable bonds is 1. The minimum Gasteiger partial charge on any atom is -0.444 e. The predicted molar refractivity (Wildman–Crippen MR) is 91.8 cm³/mol. The normalized spacial score (nSPS) is 13.8. The molecule has 0 atom stereocenters. The van der Waals surface area contributed by atoms with Crippen molar-refractivity contribution < 1.29 is 9.53 Å². The third kappa shape index (κ3) is 3.31. The Labute approximate surface area is 136 Å². The number of hydrogen-bond donors (Lipinski definition) is 1. The number of amides is 1. The Balaban J connectivity index is 1.82. The van der Waals surface area contributed by atoms with Crippen LogP contribution < -0.4 is 5.73 Å². The number of nitrogens with two attached hydrogens (primary N) is 1. The van der Waals surface area contributed by atoms with Gasteiger partial charge in [0.15, 0.2) is 0 Å². The van der Waals surface area contributed by atoms with Crippen molar-refractivity contribution in [3.63, 3.8) is 0 Å². The summed E-state index contributed by atoms with van der Waals surface area (Å²) in [5, 5.41) is 0. The van der Waals surface area contributed by atoms with Crippen molar-refractivity contribution in [2.45, 2.75) is 39.5 Å². The quantitative estimate of drug-likeness (QED) is 0.804. The van der Waals surface area contributed by atoms with Crippen molar-refractivity contribution in [1.82, 2.24) is 4.90 Å². The van der Waals surface area contributed by atoms with Gasteiger partial charge in [0, 0.05) is 24.3 Å². The molecule has 0 saturated heterocycles. The second-order valence-electron chi connectivity index (χ2n) is 6.91. The van der Waals surface area contributed by atoms with E-state index in [1.807, 2.05) is 45.0 Å². The Morgan fingerprint density at radius 1 is 1.09 bits per heavy atom. The summed E-state index contributed by atoms with van der Waals surface area (Å²) >= 11 is 0. The van der Waals surface area contributed by atoms with Crippen molar-refractivity contribution in [3.05, 3.63) is 53.6 Å². The van der Waals surface area contributed by atoms with Crippen LogP contribution in [-0.2, 0) is 17.8 Å². The first-order chi connectivity index (χ1) is 10.8. The molecule has 3 rings (SSSR count). The first-order valence-electron chi connectivity index (χ1n) is 7.78. The minimum absolute atomic E-state index is 0.269. The Kier molecular flexibility index (Phi) is 3.76. The average molecular weight is 310 g/mol. The number of nitrogens with zero attached hydrogens (tertiary/aromatic N) is 1. The first-order valence-corrected chi connectivity index (χ1v) is 7.78. The molecule has 0 aromatic heterocycles. The topological polar surface area (TPSA) is 55.6 Å². The van der Waals surface area contributed by atoms with Crippen LogP contribution in [-0.4, -0.2) is 16.6 Å². The highest BCUT2D eigenvalue weighted by molar-refractivity contribution is 5.77. The lowest BCUT2D eigenvalue weighted by Crippen LogP contribution is -2.33. The molecular weight excluding hydrogens is 288 g/mol. The number of ether oxygens (including phenoxy) is 1. The lowest BCUT2D eigenvalue weighted by molar-refractivity contribution is 0.0242. The van der Waals surface area contributed by atoms with E-state index in [-0.39, 0.29) is 6.09 Å². The molecule has 2 aromatic carbocycles. The molecule has 2 N–H and O–H groups in total. The molecule has 4 heteroatoms. The van der Waals surface area contributed by atoms with Gasteiger partial charge in [0.1, 0.15) is 5.60 Å². The van der Waals surface area contributed by atoms with Crippen molar-refractivity contribution in [2.24, 2.45) is 0 Å². The molecule has 0 aliphatic carbocycles. The van der Waals surface area contributed by atoms with E-state index in [9.17, 15) is 4.79 Å². The van der Waals surface area contributed by atoms with Gasteiger partial charge in [-0.2, -0.15) is 0 Å². The first kappa shape index (κ1) is 15.4. The maximum absolute atomic E-state index is 12.2. The second-order valence-corrected chi connectivity index (χ2v) is 6.91. The van der Waals surface area contributed by atoms with Gasteiger partial charge in [0.25, 0.3) is 0 Å². The van der Waals surface area contributed by atoms with Gasteiger partial charge < -0.3 is 10.5 Å². The van der Waals surface area contributed by atoms with Crippen LogP contribution in [0, 0.1) is 0 Å². The SMILES string of the molecule is CC(C)(C)OC(=O)N1Cc2ccc(-c3ccccc3N)cc2C1. The Hall–Kier alpha value is -2.49. The highest BCUT2D eigenvalue weighted by Gasteiger charge is 2.27. The van der Waals surface area contributed by atoms with Gasteiger partial charge in [-0.1, -0.05) is 30.3 Å². The number of anilines is 1. The van der Waals surface area contributed by atoms with E-state index in [1.165, 1.54) is 0 Å². The largest absolute Gasteiger partial charge is 0.444 e. The van der Waals surface area contributed by atoms with Gasteiger partial charge in [0.2, 0.25) is 0 Å². The zero-order valence-corrected chi connectivity index (χ0v) is 13.8. The van der Waals surface area contributed by atoms with Crippen molar-refractivity contribution in [2.75, 3.05) is 5.73 Å². The summed E-state index contributed by atoms with van der Waals surface area (Å²) in [4.78, 5) is 14.0. The monoisotopic (exact) mass is 310 g/mol. The summed E-state index contributed by atoms with van der Waals surface area (Å²) in [5.74, 6) is 0. The Morgan fingerprint density at radius 3 is 2.48 bits per heavy atom. The van der Waals surface area contributed by atoms with Gasteiger partial charge in [0.05, 0.1) is 0 Å². The maximum atomic E-state index is 12.2. The summed E-state index contributed by atoms with van der Waals surface area (Å²) < 4.78 is 5.45. The number of carbonyl (C=O) groups excluding carboxylic acids is 1. The van der Waals surface area contributed by atoms with E-state index in [0.29, 0.717) is 13.1 Å². The summed E-state index contributed by atoms with van der Waals surface area (Å²) in [6, 6.07) is 14.1. The summed E-state index contributed by atoms with van der Waals surface area (Å²) in [6.07, 6.45) is -0.269. The van der Waals surface area contributed by atoms with Gasteiger partial charge in [-0.05, 0) is 49.6 Å². The lowest BCUT2D eigenvalue weighted by atomic mass is 9.99. The van der Waals surface area contributed by atoms with Crippen molar-refractivity contribution in [1.29, 1.82) is 0 Å². The van der Waals surface area contributed by atoms with Crippen LogP contribution in [0.5, 0.6) is 0 Å². The fourth-order valence-corrected chi connectivity index (χ4v) is 2.78. The zero-order chi connectivity index (χ0) is 16.6. The summed E-state index contributed by atoms with van der Waals surface area (Å²) in [6.45, 7) is 6.80. The molecule has 1 amide bonds. The van der Waals surface area contributed by atoms with Crippen LogP contribution in [0.4, 0.5) is 10.5 Å². The van der Waals surface area contributed by atoms with Crippen LogP contribution in [0.2, 0.25) is 0 Å². The smallest absolute Gasteiger partial charge is 0.410 e. The van der Waals surface area contributed by atoms with E-state index in [1.54, 1.807) is 4.90 Å². The van der Waals surface area contributed by atoms with Crippen LogP contribution in [0.3, 0.4) is 0 Å². The van der Waals surface area contributed by atoms with E-state index in [0.717, 1.165) is 27.9 Å². The Morgan fingerprint density at radius 2 is 1.78 bits per heavy atom.